The molecule has 0 aliphatic carbocycles. The number of carbonyl (C=O) groups excluding carboxylic acids is 3. The van der Waals surface area contributed by atoms with Crippen LogP contribution in [-0.4, -0.2) is 49.4 Å². The van der Waals surface area contributed by atoms with E-state index in [4.69, 9.17) is 0 Å². The van der Waals surface area contributed by atoms with Crippen LogP contribution in [-0.2, 0) is 19.1 Å². The molecule has 17 heavy (non-hydrogen) atoms. The highest BCUT2D eigenvalue weighted by molar-refractivity contribution is 5.75. The molecular weight excluding hydrogens is 224 g/mol. The second-order valence-electron chi connectivity index (χ2n) is 3.67. The predicted molar refractivity (Wildman–Crippen MR) is 62.2 cm³/mol. The van der Waals surface area contributed by atoms with Crippen LogP contribution in [0.1, 0.15) is 26.7 Å². The van der Waals surface area contributed by atoms with Gasteiger partial charge in [-0.3, -0.25) is 14.4 Å². The van der Waals surface area contributed by atoms with Crippen LogP contribution in [0, 0.1) is 0 Å². The van der Waals surface area contributed by atoms with Gasteiger partial charge in [-0.25, -0.2) is 0 Å². The molecule has 0 spiro atoms. The average Bonchev–Trinajstić information content (AvgIpc) is 2.26. The maximum atomic E-state index is 11.3. The molecule has 0 fully saturated rings. The predicted octanol–water partition coefficient (Wildman–Crippen LogP) is -0.0758. The van der Waals surface area contributed by atoms with E-state index in [1.54, 1.807) is 4.90 Å². The van der Waals surface area contributed by atoms with E-state index in [0.29, 0.717) is 26.1 Å². The van der Waals surface area contributed by atoms with Crippen molar-refractivity contribution in [3.63, 3.8) is 0 Å². The summed E-state index contributed by atoms with van der Waals surface area (Å²) in [4.78, 5) is 34.4. The second-order valence-corrected chi connectivity index (χ2v) is 3.67. The number of esters is 1. The molecule has 98 valence electrons. The van der Waals surface area contributed by atoms with Gasteiger partial charge in [0.2, 0.25) is 11.8 Å². The summed E-state index contributed by atoms with van der Waals surface area (Å²) in [5.41, 5.74) is 0. The Balaban J connectivity index is 3.87. The minimum absolute atomic E-state index is 0.0864. The Morgan fingerprint density at radius 1 is 1.18 bits per heavy atom. The third-order valence-corrected chi connectivity index (χ3v) is 2.24. The SMILES string of the molecule is COC(=O)CCN(CCCNC(C)=O)C(C)=O. The van der Waals surface area contributed by atoms with Crippen molar-refractivity contribution in [2.75, 3.05) is 26.7 Å². The second kappa shape index (κ2) is 8.55. The number of rotatable bonds is 7. The van der Waals surface area contributed by atoms with Crippen molar-refractivity contribution in [3.05, 3.63) is 0 Å². The molecule has 0 heterocycles. The van der Waals surface area contributed by atoms with Gasteiger partial charge in [0.25, 0.3) is 0 Å². The lowest BCUT2D eigenvalue weighted by Crippen LogP contribution is -2.34. The minimum atomic E-state index is -0.335. The Bertz CT molecular complexity index is 279. The number of nitrogens with zero attached hydrogens (tertiary/aromatic N) is 1. The Kier molecular flexibility index (Phi) is 7.75. The number of ether oxygens (including phenoxy) is 1. The lowest BCUT2D eigenvalue weighted by molar-refractivity contribution is -0.141. The highest BCUT2D eigenvalue weighted by Crippen LogP contribution is 1.96. The first kappa shape index (κ1) is 15.4. The molecule has 0 aliphatic rings. The summed E-state index contributed by atoms with van der Waals surface area (Å²) in [6.45, 7) is 4.29. The third kappa shape index (κ3) is 8.24. The highest BCUT2D eigenvalue weighted by atomic mass is 16.5. The molecule has 1 N–H and O–H groups in total. The average molecular weight is 244 g/mol. The van der Waals surface area contributed by atoms with E-state index in [9.17, 15) is 14.4 Å². The minimum Gasteiger partial charge on any atom is -0.469 e. The van der Waals surface area contributed by atoms with Crippen molar-refractivity contribution in [2.24, 2.45) is 0 Å². The van der Waals surface area contributed by atoms with Crippen LogP contribution < -0.4 is 5.32 Å². The Hall–Kier alpha value is -1.59. The van der Waals surface area contributed by atoms with Gasteiger partial charge in [-0.05, 0) is 6.42 Å². The van der Waals surface area contributed by atoms with Gasteiger partial charge in [-0.2, -0.15) is 0 Å². The summed E-state index contributed by atoms with van der Waals surface area (Å²) >= 11 is 0. The Morgan fingerprint density at radius 3 is 2.29 bits per heavy atom. The van der Waals surface area contributed by atoms with Crippen molar-refractivity contribution >= 4 is 17.8 Å². The number of methoxy groups -OCH3 is 1. The molecule has 6 heteroatoms. The smallest absolute Gasteiger partial charge is 0.307 e. The van der Waals surface area contributed by atoms with Gasteiger partial charge in [0, 0.05) is 33.5 Å². The third-order valence-electron chi connectivity index (χ3n) is 2.24. The van der Waals surface area contributed by atoms with Crippen LogP contribution >= 0.6 is 0 Å². The van der Waals surface area contributed by atoms with Crippen LogP contribution in [0.2, 0.25) is 0 Å². The van der Waals surface area contributed by atoms with Crippen LogP contribution in [0.3, 0.4) is 0 Å². The summed E-state index contributed by atoms with van der Waals surface area (Å²) < 4.78 is 4.50. The van der Waals surface area contributed by atoms with Crippen LogP contribution in [0.5, 0.6) is 0 Å². The number of nitrogens with one attached hydrogen (secondary N) is 1. The number of amides is 2. The maximum Gasteiger partial charge on any atom is 0.307 e. The van der Waals surface area contributed by atoms with Crippen LogP contribution in [0.25, 0.3) is 0 Å². The summed E-state index contributed by atoms with van der Waals surface area (Å²) in [6, 6.07) is 0. The highest BCUT2D eigenvalue weighted by Gasteiger charge is 2.10. The number of hydrogen-bond acceptors (Lipinski definition) is 4. The van der Waals surface area contributed by atoms with Gasteiger partial charge in [-0.1, -0.05) is 0 Å². The molecule has 0 rings (SSSR count). The molecule has 0 saturated heterocycles. The van der Waals surface area contributed by atoms with E-state index in [2.05, 4.69) is 10.1 Å². The first-order valence-corrected chi connectivity index (χ1v) is 5.54. The molecule has 0 aromatic carbocycles. The van der Waals surface area contributed by atoms with E-state index in [1.807, 2.05) is 0 Å². The fraction of sp³-hybridized carbons (Fsp3) is 0.727. The van der Waals surface area contributed by atoms with Gasteiger partial charge in [-0.15, -0.1) is 0 Å². The molecule has 0 aromatic heterocycles. The van der Waals surface area contributed by atoms with Crippen molar-refractivity contribution in [3.8, 4) is 0 Å². The van der Waals surface area contributed by atoms with E-state index in [0.717, 1.165) is 0 Å². The van der Waals surface area contributed by atoms with Crippen molar-refractivity contribution in [2.45, 2.75) is 26.7 Å². The first-order chi connectivity index (χ1) is 7.97. The summed E-state index contributed by atoms with van der Waals surface area (Å²) in [5, 5.41) is 2.65. The molecule has 0 aromatic rings. The maximum absolute atomic E-state index is 11.3. The fourth-order valence-electron chi connectivity index (χ4n) is 1.29. The van der Waals surface area contributed by atoms with E-state index < -0.39 is 0 Å². The fourth-order valence-corrected chi connectivity index (χ4v) is 1.29. The Morgan fingerprint density at radius 2 is 1.82 bits per heavy atom. The van der Waals surface area contributed by atoms with E-state index >= 15 is 0 Å². The first-order valence-electron chi connectivity index (χ1n) is 5.54. The molecule has 0 bridgehead atoms. The van der Waals surface area contributed by atoms with Crippen LogP contribution in [0.4, 0.5) is 0 Å². The van der Waals surface area contributed by atoms with Crippen molar-refractivity contribution < 1.29 is 19.1 Å². The lowest BCUT2D eigenvalue weighted by atomic mass is 10.3. The zero-order valence-electron chi connectivity index (χ0n) is 10.6. The lowest BCUT2D eigenvalue weighted by Gasteiger charge is -2.20. The van der Waals surface area contributed by atoms with Crippen LogP contribution in [0.15, 0.2) is 0 Å². The van der Waals surface area contributed by atoms with E-state index in [-0.39, 0.29) is 24.2 Å². The van der Waals surface area contributed by atoms with Crippen molar-refractivity contribution in [1.29, 1.82) is 0 Å². The number of hydrogen-bond donors (Lipinski definition) is 1. The summed E-state index contributed by atoms with van der Waals surface area (Å²) in [5.74, 6) is -0.510. The quantitative estimate of drug-likeness (QED) is 0.502. The van der Waals surface area contributed by atoms with E-state index in [1.165, 1.54) is 21.0 Å². The summed E-state index contributed by atoms with van der Waals surface area (Å²) in [6.07, 6.45) is 0.858. The Labute approximate surface area is 101 Å². The van der Waals surface area contributed by atoms with Gasteiger partial charge in [0.05, 0.1) is 13.5 Å². The standard InChI is InChI=1S/C11H20N2O4/c1-9(14)12-6-4-7-13(10(2)15)8-5-11(16)17-3/h4-8H2,1-3H3,(H,12,14). The normalized spacial score (nSPS) is 9.59. The molecule has 0 saturated carbocycles. The zero-order valence-corrected chi connectivity index (χ0v) is 10.6. The topological polar surface area (TPSA) is 75.7 Å². The molecule has 2 amide bonds. The van der Waals surface area contributed by atoms with Gasteiger partial charge in [0.15, 0.2) is 0 Å². The molecule has 0 radical (unpaired) electrons. The monoisotopic (exact) mass is 244 g/mol. The van der Waals surface area contributed by atoms with Gasteiger partial charge >= 0.3 is 5.97 Å². The molecule has 6 nitrogen and oxygen atoms in total. The summed E-state index contributed by atoms with van der Waals surface area (Å²) in [7, 11) is 1.32. The molecule has 0 unspecified atom stereocenters. The van der Waals surface area contributed by atoms with Crippen molar-refractivity contribution in [1.82, 2.24) is 10.2 Å². The molecule has 0 aliphatic heterocycles. The number of carbonyl (C=O) groups is 3. The molecule has 0 atom stereocenters. The van der Waals surface area contributed by atoms with Gasteiger partial charge in [0.1, 0.15) is 0 Å². The largest absolute Gasteiger partial charge is 0.469 e. The molecular formula is C11H20N2O4. The van der Waals surface area contributed by atoms with Gasteiger partial charge < -0.3 is 15.0 Å². The zero-order chi connectivity index (χ0) is 13.3.